The maximum absolute atomic E-state index is 14.4. The van der Waals surface area contributed by atoms with Crippen LogP contribution in [0.25, 0.3) is 10.9 Å². The van der Waals surface area contributed by atoms with Crippen molar-refractivity contribution in [1.29, 1.82) is 0 Å². The van der Waals surface area contributed by atoms with Crippen LogP contribution in [0.3, 0.4) is 0 Å². The Morgan fingerprint density at radius 3 is 2.56 bits per heavy atom. The van der Waals surface area contributed by atoms with E-state index in [4.69, 9.17) is 0 Å². The number of amides is 2. The smallest absolute Gasteiger partial charge is 0.387 e. The summed E-state index contributed by atoms with van der Waals surface area (Å²) < 4.78 is 30.8. The number of likely N-dealkylation sites (N-methyl/N-ethyl adjacent to an activating group) is 1. The molecule has 2 heterocycles. The molecule has 1 saturated heterocycles. The minimum atomic E-state index is -2.96. The van der Waals surface area contributed by atoms with Crippen LogP contribution >= 0.6 is 0 Å². The molecule has 220 valence electrons. The number of aromatic nitrogens is 1. The Hall–Kier alpha value is -3.50. The zero-order valence-electron chi connectivity index (χ0n) is 24.0. The van der Waals surface area contributed by atoms with Crippen molar-refractivity contribution in [3.63, 3.8) is 0 Å². The second-order valence-corrected chi connectivity index (χ2v) is 11.7. The lowest BCUT2D eigenvalue weighted by atomic mass is 9.60. The number of hydrogen-bond acceptors (Lipinski definition) is 6. The number of rotatable bonds is 7. The van der Waals surface area contributed by atoms with Crippen LogP contribution in [0, 0.1) is 11.3 Å². The second-order valence-electron chi connectivity index (χ2n) is 11.7. The Balaban J connectivity index is 1.55. The molecule has 3 atom stereocenters. The van der Waals surface area contributed by atoms with Gasteiger partial charge < -0.3 is 19.7 Å². The summed E-state index contributed by atoms with van der Waals surface area (Å²) in [5.74, 6) is -0.998. The summed E-state index contributed by atoms with van der Waals surface area (Å²) in [5.41, 5.74) is 2.25. The van der Waals surface area contributed by atoms with Crippen LogP contribution < -0.4 is 4.74 Å². The summed E-state index contributed by atoms with van der Waals surface area (Å²) >= 11 is 0. The highest BCUT2D eigenvalue weighted by Crippen LogP contribution is 2.52. The quantitative estimate of drug-likeness (QED) is 0.439. The number of ether oxygens (including phenoxy) is 1. The molecule has 0 bridgehead atoms. The first-order chi connectivity index (χ1) is 19.5. The molecule has 41 heavy (non-hydrogen) atoms. The van der Waals surface area contributed by atoms with E-state index < -0.39 is 12.0 Å². The predicted molar refractivity (Wildman–Crippen MR) is 152 cm³/mol. The summed E-state index contributed by atoms with van der Waals surface area (Å²) in [7, 11) is 2.08. The van der Waals surface area contributed by atoms with Gasteiger partial charge in [-0.1, -0.05) is 26.0 Å². The Bertz CT molecular complexity index is 1430. The first-order valence-corrected chi connectivity index (χ1v) is 14.1. The lowest BCUT2D eigenvalue weighted by Gasteiger charge is -2.45. The van der Waals surface area contributed by atoms with E-state index >= 15 is 0 Å². The van der Waals surface area contributed by atoms with Crippen molar-refractivity contribution in [1.82, 2.24) is 19.7 Å². The molecule has 2 aliphatic rings. The number of halogens is 2. The maximum atomic E-state index is 14.4. The number of H-pyrrole nitrogens is 1. The molecule has 10 heteroatoms. The third-order valence-corrected chi connectivity index (χ3v) is 9.07. The van der Waals surface area contributed by atoms with Crippen molar-refractivity contribution >= 4 is 22.7 Å². The zero-order valence-corrected chi connectivity index (χ0v) is 24.0. The van der Waals surface area contributed by atoms with Gasteiger partial charge in [-0.25, -0.2) is 0 Å². The maximum Gasteiger partial charge on any atom is 0.387 e. The fourth-order valence-electron chi connectivity index (χ4n) is 6.49. The molecule has 1 fully saturated rings. The topological polar surface area (TPSA) is 89.1 Å². The largest absolute Gasteiger partial charge is 0.508 e. The molecule has 1 unspecified atom stereocenters. The number of carbonyl (C=O) groups is 2. The molecule has 2 N–H and O–H groups in total. The van der Waals surface area contributed by atoms with Crippen molar-refractivity contribution in [2.45, 2.75) is 39.7 Å². The number of benzene rings is 2. The second kappa shape index (κ2) is 11.4. The lowest BCUT2D eigenvalue weighted by molar-refractivity contribution is -0.153. The van der Waals surface area contributed by atoms with Gasteiger partial charge in [0.15, 0.2) is 0 Å². The van der Waals surface area contributed by atoms with Crippen LogP contribution in [0.5, 0.6) is 11.5 Å². The van der Waals surface area contributed by atoms with E-state index in [1.165, 1.54) is 17.9 Å². The van der Waals surface area contributed by atoms with E-state index in [9.17, 15) is 23.5 Å². The molecule has 2 amide bonds. The minimum absolute atomic E-state index is 0.0346. The van der Waals surface area contributed by atoms with Crippen molar-refractivity contribution in [2.75, 3.05) is 46.3 Å². The van der Waals surface area contributed by atoms with E-state index in [1.807, 2.05) is 19.9 Å². The van der Waals surface area contributed by atoms with Crippen LogP contribution in [0.1, 0.15) is 43.5 Å². The van der Waals surface area contributed by atoms with Crippen LogP contribution in [0.4, 0.5) is 8.78 Å². The van der Waals surface area contributed by atoms with Gasteiger partial charge in [0.1, 0.15) is 11.5 Å². The average Bonchev–Trinajstić information content (AvgIpc) is 3.26. The Kier molecular flexibility index (Phi) is 8.07. The highest BCUT2D eigenvalue weighted by atomic mass is 19.3. The zero-order chi connectivity index (χ0) is 29.5. The van der Waals surface area contributed by atoms with Crippen molar-refractivity contribution in [2.24, 2.45) is 11.3 Å². The van der Waals surface area contributed by atoms with Crippen LogP contribution in [0.2, 0.25) is 0 Å². The molecule has 1 aliphatic heterocycles. The van der Waals surface area contributed by atoms with Crippen molar-refractivity contribution in [3.05, 3.63) is 59.3 Å². The normalized spacial score (nSPS) is 23.5. The fraction of sp³-hybridized carbons (Fsp3) is 0.484. The van der Waals surface area contributed by atoms with Crippen molar-refractivity contribution < 1.29 is 28.2 Å². The molecule has 0 radical (unpaired) electrons. The number of hydrogen-bond donors (Lipinski definition) is 2. The number of fused-ring (bicyclic) bond motifs is 3. The van der Waals surface area contributed by atoms with E-state index in [1.54, 1.807) is 30.3 Å². The van der Waals surface area contributed by atoms with Crippen LogP contribution in [0.15, 0.2) is 42.5 Å². The summed E-state index contributed by atoms with van der Waals surface area (Å²) in [6.45, 7) is 6.90. The van der Waals surface area contributed by atoms with Crippen molar-refractivity contribution in [3.8, 4) is 11.5 Å². The number of nitrogens with one attached hydrogen (secondary N) is 1. The monoisotopic (exact) mass is 568 g/mol. The van der Waals surface area contributed by atoms with Gasteiger partial charge in [-0.05, 0) is 60.8 Å². The number of piperazine rings is 1. The third kappa shape index (κ3) is 5.67. The first-order valence-electron chi connectivity index (χ1n) is 14.1. The number of carbonyl (C=O) groups excluding carboxylic acids is 2. The standard InChI is InChI=1S/C31H38F2N4O4/c1-19-27(21-6-5-7-22(39)16-21)28-25(24-17-23(41-30(32)33)8-9-26(24)34-28)18-31(19,3)29(40)37(20(2)38)15-14-36-12-10-35(4)11-13-36/h5-9,16-17,19,27,30,34,39H,10-15,18H2,1-4H3/t19?,27-,31-/m1/s1. The van der Waals surface area contributed by atoms with Gasteiger partial charge >= 0.3 is 6.61 Å². The Labute approximate surface area is 238 Å². The highest BCUT2D eigenvalue weighted by molar-refractivity contribution is 5.98. The molecule has 0 spiro atoms. The molecule has 0 saturated carbocycles. The molecule has 5 rings (SSSR count). The third-order valence-electron chi connectivity index (χ3n) is 9.07. The average molecular weight is 569 g/mol. The Morgan fingerprint density at radius 2 is 1.90 bits per heavy atom. The van der Waals surface area contributed by atoms with Gasteiger partial charge in [0.05, 0.1) is 5.41 Å². The number of phenols is 1. The molecule has 1 aliphatic carbocycles. The number of phenolic OH excluding ortho intramolecular Hbond substituents is 1. The number of alkyl halides is 2. The summed E-state index contributed by atoms with van der Waals surface area (Å²) in [6.07, 6.45) is 0.314. The summed E-state index contributed by atoms with van der Waals surface area (Å²) in [4.78, 5) is 36.7. The molecular formula is C31H38F2N4O4. The number of aromatic hydroxyl groups is 1. The van der Waals surface area contributed by atoms with Gasteiger partial charge in [0.2, 0.25) is 11.8 Å². The summed E-state index contributed by atoms with van der Waals surface area (Å²) in [6, 6.07) is 11.7. The molecular weight excluding hydrogens is 530 g/mol. The van der Waals surface area contributed by atoms with E-state index in [2.05, 4.69) is 26.6 Å². The van der Waals surface area contributed by atoms with Gasteiger partial charge in [0, 0.05) is 68.7 Å². The predicted octanol–water partition coefficient (Wildman–Crippen LogP) is 4.43. The number of nitrogens with zero attached hydrogens (tertiary/aromatic N) is 3. The van der Waals surface area contributed by atoms with Gasteiger partial charge in [0.25, 0.3) is 0 Å². The number of aromatic amines is 1. The minimum Gasteiger partial charge on any atom is -0.508 e. The van der Waals surface area contributed by atoms with Crippen LogP contribution in [-0.4, -0.2) is 89.5 Å². The fourth-order valence-corrected chi connectivity index (χ4v) is 6.49. The van der Waals surface area contributed by atoms with Gasteiger partial charge in [-0.2, -0.15) is 8.78 Å². The van der Waals surface area contributed by atoms with E-state index in [0.29, 0.717) is 24.9 Å². The molecule has 1 aromatic heterocycles. The van der Waals surface area contributed by atoms with Gasteiger partial charge in [-0.15, -0.1) is 0 Å². The van der Waals surface area contributed by atoms with E-state index in [-0.39, 0.29) is 35.1 Å². The SMILES string of the molecule is CC(=O)N(CCN1CCN(C)CC1)C(=O)[C@]1(C)Cc2c([nH]c3ccc(OC(F)F)cc23)[C@@H](c2cccc(O)c2)C1C. The lowest BCUT2D eigenvalue weighted by Crippen LogP contribution is -2.54. The highest BCUT2D eigenvalue weighted by Gasteiger charge is 2.51. The first kappa shape index (κ1) is 29.0. The number of imide groups is 1. The molecule has 3 aromatic rings. The van der Waals surface area contributed by atoms with Crippen LogP contribution in [-0.2, 0) is 16.0 Å². The van der Waals surface area contributed by atoms with E-state index in [0.717, 1.165) is 48.5 Å². The van der Waals surface area contributed by atoms with Gasteiger partial charge in [-0.3, -0.25) is 19.4 Å². The molecule has 2 aromatic carbocycles. The molecule has 8 nitrogen and oxygen atoms in total. The Morgan fingerprint density at radius 1 is 1.17 bits per heavy atom. The summed E-state index contributed by atoms with van der Waals surface area (Å²) in [5, 5.41) is 11.0.